The van der Waals surface area contributed by atoms with Gasteiger partial charge in [0.05, 0.1) is 17.7 Å². The zero-order valence-electron chi connectivity index (χ0n) is 20.0. The number of ether oxygens (including phenoxy) is 1. The number of thioether (sulfide) groups is 1. The van der Waals surface area contributed by atoms with Crippen molar-refractivity contribution in [2.24, 2.45) is 17.8 Å². The fourth-order valence-electron chi connectivity index (χ4n) is 6.48. The highest BCUT2D eigenvalue weighted by Gasteiger charge is 2.55. The Morgan fingerprint density at radius 1 is 1.14 bits per heavy atom. The van der Waals surface area contributed by atoms with E-state index in [0.717, 1.165) is 33.3 Å². The van der Waals surface area contributed by atoms with Crippen LogP contribution in [-0.4, -0.2) is 22.8 Å². The molecule has 194 valence electrons. The monoisotopic (exact) mass is 546 g/mol. The Labute approximate surface area is 220 Å². The Kier molecular flexibility index (Phi) is 6.14. The molecule has 2 heterocycles. The molecule has 5 nitrogen and oxygen atoms in total. The maximum absolute atomic E-state index is 13.2. The predicted molar refractivity (Wildman–Crippen MR) is 137 cm³/mol. The van der Waals surface area contributed by atoms with Gasteiger partial charge in [0.2, 0.25) is 5.91 Å². The minimum absolute atomic E-state index is 0.0122. The number of para-hydroxylation sites is 1. The van der Waals surface area contributed by atoms with Crippen LogP contribution in [-0.2, 0) is 17.5 Å². The van der Waals surface area contributed by atoms with Crippen molar-refractivity contribution in [2.45, 2.75) is 48.2 Å². The molecular formula is C27H25F3N2O3S2. The van der Waals surface area contributed by atoms with Crippen LogP contribution in [0.2, 0.25) is 0 Å². The molecule has 3 aliphatic rings. The summed E-state index contributed by atoms with van der Waals surface area (Å²) in [5.41, 5.74) is 0.272. The van der Waals surface area contributed by atoms with Gasteiger partial charge in [-0.25, -0.2) is 0 Å². The lowest BCUT2D eigenvalue weighted by atomic mass is 9.74. The second kappa shape index (κ2) is 9.23. The van der Waals surface area contributed by atoms with Gasteiger partial charge in [0.1, 0.15) is 12.3 Å². The molecule has 5 atom stereocenters. The van der Waals surface area contributed by atoms with Crippen molar-refractivity contribution in [3.05, 3.63) is 74.2 Å². The number of rotatable bonds is 5. The summed E-state index contributed by atoms with van der Waals surface area (Å²) in [4.78, 5) is 26.9. The van der Waals surface area contributed by atoms with Crippen molar-refractivity contribution in [3.63, 3.8) is 0 Å². The molecule has 10 heteroatoms. The van der Waals surface area contributed by atoms with Gasteiger partial charge in [0.15, 0.2) is 0 Å². The number of alkyl halides is 3. The van der Waals surface area contributed by atoms with E-state index in [2.05, 4.69) is 11.4 Å². The highest BCUT2D eigenvalue weighted by atomic mass is 32.2. The number of fused-ring (bicyclic) bond motifs is 6. The Morgan fingerprint density at radius 2 is 1.92 bits per heavy atom. The largest absolute Gasteiger partial charge is 0.496 e. The first-order chi connectivity index (χ1) is 17.7. The molecule has 2 saturated carbocycles. The number of carbonyl (C=O) groups excluding carboxylic acids is 1. The van der Waals surface area contributed by atoms with Gasteiger partial charge in [-0.1, -0.05) is 35.6 Å². The van der Waals surface area contributed by atoms with Crippen LogP contribution in [0.4, 0.5) is 18.9 Å². The average molecular weight is 547 g/mol. The van der Waals surface area contributed by atoms with Crippen LogP contribution >= 0.6 is 23.1 Å². The number of nitrogens with zero attached hydrogens (tertiary/aromatic N) is 1. The number of anilines is 1. The second-order valence-electron chi connectivity index (χ2n) is 9.96. The van der Waals surface area contributed by atoms with Crippen LogP contribution in [0, 0.1) is 17.8 Å². The van der Waals surface area contributed by atoms with E-state index in [-0.39, 0.29) is 23.0 Å². The number of amides is 1. The molecule has 2 fully saturated rings. The summed E-state index contributed by atoms with van der Waals surface area (Å²) in [6.07, 6.45) is -0.950. The predicted octanol–water partition coefficient (Wildman–Crippen LogP) is 6.23. The van der Waals surface area contributed by atoms with Gasteiger partial charge in [-0.2, -0.15) is 13.2 Å². The van der Waals surface area contributed by atoms with Gasteiger partial charge in [-0.3, -0.25) is 14.2 Å². The highest BCUT2D eigenvalue weighted by Crippen LogP contribution is 2.64. The van der Waals surface area contributed by atoms with E-state index in [4.69, 9.17) is 4.74 Å². The van der Waals surface area contributed by atoms with Crippen molar-refractivity contribution in [1.82, 2.24) is 4.57 Å². The maximum Gasteiger partial charge on any atom is 0.416 e. The number of benzene rings is 2. The van der Waals surface area contributed by atoms with Crippen LogP contribution in [0.1, 0.15) is 41.2 Å². The minimum atomic E-state index is -4.51. The number of carbonyl (C=O) groups is 1. The van der Waals surface area contributed by atoms with Crippen LogP contribution in [0.25, 0.3) is 0 Å². The van der Waals surface area contributed by atoms with Gasteiger partial charge in [-0.05, 0) is 61.3 Å². The quantitative estimate of drug-likeness (QED) is 0.412. The summed E-state index contributed by atoms with van der Waals surface area (Å²) in [6, 6.07) is 12.5. The maximum atomic E-state index is 13.2. The summed E-state index contributed by atoms with van der Waals surface area (Å²) < 4.78 is 46.5. The van der Waals surface area contributed by atoms with Crippen LogP contribution in [0.15, 0.2) is 58.4 Å². The molecule has 1 aliphatic heterocycles. The molecular weight excluding hydrogens is 521 g/mol. The first-order valence-corrected chi connectivity index (χ1v) is 13.9. The fourth-order valence-corrected chi connectivity index (χ4v) is 9.62. The highest BCUT2D eigenvalue weighted by molar-refractivity contribution is 8.00. The van der Waals surface area contributed by atoms with E-state index in [0.29, 0.717) is 23.0 Å². The van der Waals surface area contributed by atoms with Crippen molar-refractivity contribution in [2.75, 3.05) is 12.4 Å². The van der Waals surface area contributed by atoms with E-state index in [1.54, 1.807) is 18.9 Å². The average Bonchev–Trinajstić information content (AvgIpc) is 3.57. The van der Waals surface area contributed by atoms with Gasteiger partial charge >= 0.3 is 11.0 Å². The Morgan fingerprint density at radius 3 is 2.70 bits per heavy atom. The van der Waals surface area contributed by atoms with E-state index in [1.807, 2.05) is 18.2 Å². The van der Waals surface area contributed by atoms with E-state index >= 15 is 0 Å². The third-order valence-corrected chi connectivity index (χ3v) is 10.8. The molecule has 6 rings (SSSR count). The molecule has 4 unspecified atom stereocenters. The number of halogens is 3. The minimum Gasteiger partial charge on any atom is -0.496 e. The third kappa shape index (κ3) is 4.27. The summed E-state index contributed by atoms with van der Waals surface area (Å²) in [6.45, 7) is -0.252. The molecule has 37 heavy (non-hydrogen) atoms. The lowest BCUT2D eigenvalue weighted by Gasteiger charge is -2.40. The molecule has 0 spiro atoms. The molecule has 3 aromatic rings. The SMILES string of the molecule is COc1ccccc1[C@H]1c2sc(=O)n(CC(=O)Nc3cccc(C(F)(F)F)c3)c2SC2C3CCC(C3)C21. The molecule has 1 amide bonds. The lowest BCUT2D eigenvalue weighted by Crippen LogP contribution is -2.35. The summed E-state index contributed by atoms with van der Waals surface area (Å²) >= 11 is 2.88. The van der Waals surface area contributed by atoms with Gasteiger partial charge in [-0.15, -0.1) is 11.8 Å². The Bertz CT molecular complexity index is 1420. The normalized spacial score (nSPS) is 26.0. The molecule has 0 radical (unpaired) electrons. The first-order valence-electron chi connectivity index (χ1n) is 12.2. The van der Waals surface area contributed by atoms with E-state index in [9.17, 15) is 22.8 Å². The van der Waals surface area contributed by atoms with Gasteiger partial charge < -0.3 is 10.1 Å². The zero-order valence-corrected chi connectivity index (χ0v) is 21.6. The van der Waals surface area contributed by atoms with Crippen molar-refractivity contribution in [1.29, 1.82) is 0 Å². The molecule has 2 aliphatic carbocycles. The standard InChI is InChI=1S/C27H25F3N2O3S2/c1-35-19-8-3-2-7-18(19)22-21-14-9-10-15(11-14)23(21)36-25-24(22)37-26(34)32(25)13-20(33)31-17-6-4-5-16(12-17)27(28,29)30/h2-8,12,14-15,21-23H,9-11,13H2,1H3,(H,31,33)/t14?,15?,21?,22-,23?/m1/s1. The Hall–Kier alpha value is -2.72. The molecule has 2 aromatic carbocycles. The Balaban J connectivity index is 1.35. The van der Waals surface area contributed by atoms with Crippen LogP contribution < -0.4 is 14.9 Å². The summed E-state index contributed by atoms with van der Waals surface area (Å²) in [7, 11) is 1.65. The first kappa shape index (κ1) is 24.6. The number of methoxy groups -OCH3 is 1. The fraction of sp³-hybridized carbons (Fsp3) is 0.407. The topological polar surface area (TPSA) is 60.3 Å². The van der Waals surface area contributed by atoms with Gasteiger partial charge in [0, 0.05) is 27.3 Å². The smallest absolute Gasteiger partial charge is 0.416 e. The second-order valence-corrected chi connectivity index (χ2v) is 12.1. The van der Waals surface area contributed by atoms with Crippen molar-refractivity contribution < 1.29 is 22.7 Å². The van der Waals surface area contributed by atoms with Crippen LogP contribution in [0.5, 0.6) is 5.75 Å². The number of nitrogens with one attached hydrogen (secondary N) is 1. The summed E-state index contributed by atoms with van der Waals surface area (Å²) in [5, 5.41) is 3.70. The van der Waals surface area contributed by atoms with E-state index < -0.39 is 17.6 Å². The molecule has 1 aromatic heterocycles. The molecule has 2 bridgehead atoms. The summed E-state index contributed by atoms with van der Waals surface area (Å²) in [5.74, 6) is 1.84. The molecule has 0 saturated heterocycles. The number of hydrogen-bond acceptors (Lipinski definition) is 5. The van der Waals surface area contributed by atoms with Crippen LogP contribution in [0.3, 0.4) is 0 Å². The van der Waals surface area contributed by atoms with Crippen molar-refractivity contribution >= 4 is 34.7 Å². The lowest BCUT2D eigenvalue weighted by molar-refractivity contribution is -0.137. The zero-order chi connectivity index (χ0) is 25.9. The number of thiazole rings is 1. The number of hydrogen-bond donors (Lipinski definition) is 1. The number of aromatic nitrogens is 1. The molecule has 1 N–H and O–H groups in total. The van der Waals surface area contributed by atoms with E-state index in [1.165, 1.54) is 47.3 Å². The third-order valence-electron chi connectivity index (χ3n) is 7.94. The van der Waals surface area contributed by atoms with Crippen molar-refractivity contribution in [3.8, 4) is 5.75 Å². The van der Waals surface area contributed by atoms with Gasteiger partial charge in [0.25, 0.3) is 0 Å².